The molecule has 0 aromatic heterocycles. The van der Waals surface area contributed by atoms with Crippen LogP contribution in [0.2, 0.25) is 0 Å². The molecule has 1 aliphatic carbocycles. The summed E-state index contributed by atoms with van der Waals surface area (Å²) >= 11 is 0. The van der Waals surface area contributed by atoms with Gasteiger partial charge in [0.1, 0.15) is 6.04 Å². The molecule has 0 aromatic carbocycles. The first kappa shape index (κ1) is 16.3. The zero-order valence-corrected chi connectivity index (χ0v) is 13.3. The van der Waals surface area contributed by atoms with E-state index in [4.69, 9.17) is 5.41 Å². The molecule has 0 bridgehead atoms. The summed E-state index contributed by atoms with van der Waals surface area (Å²) in [5.74, 6) is 0.999. The lowest BCUT2D eigenvalue weighted by molar-refractivity contribution is -0.130. The van der Waals surface area contributed by atoms with Crippen LogP contribution in [-0.2, 0) is 4.79 Å². The zero-order valence-electron chi connectivity index (χ0n) is 13.3. The van der Waals surface area contributed by atoms with Crippen LogP contribution in [0.3, 0.4) is 0 Å². The predicted octanol–water partition coefficient (Wildman–Crippen LogP) is 2.10. The Bertz CT molecular complexity index is 378. The molecule has 2 atom stereocenters. The van der Waals surface area contributed by atoms with Gasteiger partial charge in [-0.25, -0.2) is 0 Å². The van der Waals surface area contributed by atoms with E-state index in [1.54, 1.807) is 0 Å². The molecule has 0 aromatic rings. The van der Waals surface area contributed by atoms with E-state index in [1.165, 1.54) is 37.0 Å². The molecule has 1 heterocycles. The molecule has 1 saturated heterocycles. The first-order chi connectivity index (χ1) is 10.0. The third-order valence-corrected chi connectivity index (χ3v) is 4.96. The summed E-state index contributed by atoms with van der Waals surface area (Å²) < 4.78 is 0. The number of rotatable bonds is 6. The van der Waals surface area contributed by atoms with E-state index in [1.807, 2.05) is 13.8 Å². The average molecular weight is 295 g/mol. The van der Waals surface area contributed by atoms with Crippen LogP contribution >= 0.6 is 0 Å². The maximum absolute atomic E-state index is 12.5. The second-order valence-electron chi connectivity index (χ2n) is 6.83. The highest BCUT2D eigenvalue weighted by Gasteiger charge is 2.40. The van der Waals surface area contributed by atoms with E-state index in [0.29, 0.717) is 0 Å². The van der Waals surface area contributed by atoms with Crippen molar-refractivity contribution in [3.63, 3.8) is 0 Å². The minimum atomic E-state index is -0.294. The van der Waals surface area contributed by atoms with Crippen LogP contribution in [0.4, 0.5) is 0 Å². The Morgan fingerprint density at radius 2 is 1.95 bits per heavy atom. The van der Waals surface area contributed by atoms with E-state index >= 15 is 0 Å². The van der Waals surface area contributed by atoms with E-state index in [0.717, 1.165) is 18.8 Å². The van der Waals surface area contributed by atoms with Crippen LogP contribution in [0, 0.1) is 17.2 Å². The monoisotopic (exact) mass is 295 g/mol. The van der Waals surface area contributed by atoms with Crippen molar-refractivity contribution in [1.82, 2.24) is 10.2 Å². The highest BCUT2D eigenvalue weighted by atomic mass is 16.3. The van der Waals surface area contributed by atoms with Crippen LogP contribution in [0.1, 0.15) is 58.8 Å². The Morgan fingerprint density at radius 3 is 2.52 bits per heavy atom. The quantitative estimate of drug-likeness (QED) is 0.702. The first-order valence-electron chi connectivity index (χ1n) is 8.33. The van der Waals surface area contributed by atoms with Gasteiger partial charge in [-0.2, -0.15) is 0 Å². The zero-order chi connectivity index (χ0) is 15.4. The number of carbonyl (C=O) groups is 1. The molecule has 5 heteroatoms. The highest BCUT2D eigenvalue weighted by molar-refractivity contribution is 6.05. The van der Waals surface area contributed by atoms with Gasteiger partial charge >= 0.3 is 0 Å². The molecule has 1 aliphatic heterocycles. The number of aliphatic hydroxyl groups is 1. The lowest BCUT2D eigenvalue weighted by Crippen LogP contribution is -2.46. The molecule has 1 saturated carbocycles. The number of hydrogen-bond acceptors (Lipinski definition) is 3. The topological polar surface area (TPSA) is 76.4 Å². The van der Waals surface area contributed by atoms with Gasteiger partial charge in [-0.1, -0.05) is 46.0 Å². The fourth-order valence-electron chi connectivity index (χ4n) is 3.57. The molecule has 1 amide bonds. The smallest absolute Gasteiger partial charge is 0.252 e. The second-order valence-corrected chi connectivity index (χ2v) is 6.83. The van der Waals surface area contributed by atoms with Crippen molar-refractivity contribution in [1.29, 1.82) is 5.41 Å². The van der Waals surface area contributed by atoms with Gasteiger partial charge in [0, 0.05) is 0 Å². The normalized spacial score (nSPS) is 25.5. The van der Waals surface area contributed by atoms with Gasteiger partial charge in [-0.15, -0.1) is 0 Å². The predicted molar refractivity (Wildman–Crippen MR) is 83.0 cm³/mol. The summed E-state index contributed by atoms with van der Waals surface area (Å²) in [5, 5.41) is 20.5. The molecule has 120 valence electrons. The standard InChI is InChI=1S/C16H29N3O2/c1-11(2)14(10-20)19-15(21)13(18-16(19)17)9-8-12-6-4-3-5-7-12/h11-14,20H,3-10H2,1-2H3,(H2,17,18)/t13?,14-/m1/s1. The van der Waals surface area contributed by atoms with Crippen molar-refractivity contribution in [3.8, 4) is 0 Å². The van der Waals surface area contributed by atoms with Gasteiger partial charge in [-0.3, -0.25) is 15.1 Å². The van der Waals surface area contributed by atoms with Crippen LogP contribution in [0.15, 0.2) is 0 Å². The fraction of sp³-hybridized carbons (Fsp3) is 0.875. The van der Waals surface area contributed by atoms with Gasteiger partial charge in [0.15, 0.2) is 5.96 Å². The number of amides is 1. The first-order valence-corrected chi connectivity index (χ1v) is 8.33. The average Bonchev–Trinajstić information content (AvgIpc) is 2.74. The van der Waals surface area contributed by atoms with Crippen molar-refractivity contribution in [2.75, 3.05) is 6.61 Å². The number of nitrogens with zero attached hydrogens (tertiary/aromatic N) is 1. The summed E-state index contributed by atoms with van der Waals surface area (Å²) in [5.41, 5.74) is 0. The van der Waals surface area contributed by atoms with Crippen LogP contribution in [-0.4, -0.2) is 40.6 Å². The fourth-order valence-corrected chi connectivity index (χ4v) is 3.57. The number of hydrogen-bond donors (Lipinski definition) is 3. The van der Waals surface area contributed by atoms with Crippen molar-refractivity contribution in [2.24, 2.45) is 11.8 Å². The molecule has 0 spiro atoms. The molecule has 5 nitrogen and oxygen atoms in total. The molecule has 2 aliphatic rings. The molecule has 1 unspecified atom stereocenters. The van der Waals surface area contributed by atoms with Gasteiger partial charge in [0.2, 0.25) is 0 Å². The maximum Gasteiger partial charge on any atom is 0.252 e. The van der Waals surface area contributed by atoms with Crippen molar-refractivity contribution in [2.45, 2.75) is 70.9 Å². The number of guanidine groups is 1. The lowest BCUT2D eigenvalue weighted by Gasteiger charge is -2.28. The van der Waals surface area contributed by atoms with E-state index in [2.05, 4.69) is 5.32 Å². The van der Waals surface area contributed by atoms with Gasteiger partial charge in [-0.05, 0) is 24.7 Å². The minimum absolute atomic E-state index is 0.0384. The summed E-state index contributed by atoms with van der Waals surface area (Å²) in [6.45, 7) is 3.84. The molecule has 2 rings (SSSR count). The number of carbonyl (C=O) groups excluding carboxylic acids is 1. The summed E-state index contributed by atoms with van der Waals surface area (Å²) in [6, 6.07) is -0.565. The van der Waals surface area contributed by atoms with Crippen molar-refractivity contribution >= 4 is 11.9 Å². The summed E-state index contributed by atoms with van der Waals surface area (Å²) in [6.07, 6.45) is 8.43. The SMILES string of the molecule is CC(C)[C@@H](CO)N1C(=N)NC(CCC2CCCCC2)C1=O. The molecule has 2 fully saturated rings. The Kier molecular flexibility index (Phi) is 5.62. The molecular weight excluding hydrogens is 266 g/mol. The van der Waals surface area contributed by atoms with Crippen molar-refractivity contribution in [3.05, 3.63) is 0 Å². The lowest BCUT2D eigenvalue weighted by atomic mass is 9.85. The van der Waals surface area contributed by atoms with E-state index in [9.17, 15) is 9.90 Å². The molecule has 0 radical (unpaired) electrons. The van der Waals surface area contributed by atoms with Crippen LogP contribution < -0.4 is 5.32 Å². The third kappa shape index (κ3) is 3.76. The Hall–Kier alpha value is -1.10. The molecular formula is C16H29N3O2. The van der Waals surface area contributed by atoms with Gasteiger partial charge in [0.25, 0.3) is 5.91 Å². The maximum atomic E-state index is 12.5. The van der Waals surface area contributed by atoms with Gasteiger partial charge < -0.3 is 10.4 Å². The number of nitrogens with one attached hydrogen (secondary N) is 2. The van der Waals surface area contributed by atoms with Crippen LogP contribution in [0.5, 0.6) is 0 Å². The third-order valence-electron chi connectivity index (χ3n) is 4.96. The minimum Gasteiger partial charge on any atom is -0.394 e. The Labute approximate surface area is 127 Å². The summed E-state index contributed by atoms with van der Waals surface area (Å²) in [4.78, 5) is 14.0. The molecule has 21 heavy (non-hydrogen) atoms. The molecule has 3 N–H and O–H groups in total. The second kappa shape index (κ2) is 7.25. The van der Waals surface area contributed by atoms with E-state index < -0.39 is 0 Å². The summed E-state index contributed by atoms with van der Waals surface area (Å²) in [7, 11) is 0. The van der Waals surface area contributed by atoms with Crippen molar-refractivity contribution < 1.29 is 9.90 Å². The van der Waals surface area contributed by atoms with Crippen LogP contribution in [0.25, 0.3) is 0 Å². The van der Waals surface area contributed by atoms with Gasteiger partial charge in [0.05, 0.1) is 12.6 Å². The number of aliphatic hydroxyl groups excluding tert-OH is 1. The Balaban J connectivity index is 1.91. The largest absolute Gasteiger partial charge is 0.394 e. The Morgan fingerprint density at radius 1 is 1.29 bits per heavy atom. The highest BCUT2D eigenvalue weighted by Crippen LogP contribution is 2.29. The van der Waals surface area contributed by atoms with E-state index in [-0.39, 0.29) is 36.5 Å².